The molecule has 4 atom stereocenters. The van der Waals surface area contributed by atoms with Crippen LogP contribution < -0.4 is 5.69 Å². The zero-order valence-corrected chi connectivity index (χ0v) is 11.7. The molecule has 0 radical (unpaired) electrons. The molecule has 0 aliphatic carbocycles. The van der Waals surface area contributed by atoms with Crippen molar-refractivity contribution in [3.63, 3.8) is 0 Å². The zero-order valence-electron chi connectivity index (χ0n) is 11.7. The summed E-state index contributed by atoms with van der Waals surface area (Å²) in [7, 11) is 3.56. The Balaban J connectivity index is 2.24. The Kier molecular flexibility index (Phi) is 4.68. The van der Waals surface area contributed by atoms with Crippen molar-refractivity contribution < 1.29 is 20.1 Å². The first-order chi connectivity index (χ1) is 9.93. The van der Waals surface area contributed by atoms with Crippen LogP contribution in [-0.4, -0.2) is 75.1 Å². The second kappa shape index (κ2) is 6.31. The third-order valence-corrected chi connectivity index (χ3v) is 3.03. The third kappa shape index (κ3) is 3.27. The number of aliphatic hydroxyl groups is 3. The lowest BCUT2D eigenvalue weighted by atomic mass is 10.1. The van der Waals surface area contributed by atoms with Crippen LogP contribution in [-0.2, 0) is 4.74 Å². The van der Waals surface area contributed by atoms with Gasteiger partial charge in [-0.2, -0.15) is 4.98 Å². The van der Waals surface area contributed by atoms with Crippen molar-refractivity contribution in [3.05, 3.63) is 22.7 Å². The number of aromatic nitrogens is 2. The molecule has 2 rings (SSSR count). The topological polar surface area (TPSA) is 120 Å². The van der Waals surface area contributed by atoms with Crippen molar-refractivity contribution >= 4 is 12.2 Å². The second-order valence-electron chi connectivity index (χ2n) is 4.91. The van der Waals surface area contributed by atoms with Gasteiger partial charge in [-0.1, -0.05) is 0 Å². The maximum Gasteiger partial charge on any atom is 0.351 e. The smallest absolute Gasteiger partial charge is 0.351 e. The molecule has 1 aliphatic rings. The lowest BCUT2D eigenvalue weighted by molar-refractivity contribution is -0.0549. The van der Waals surface area contributed by atoms with Crippen molar-refractivity contribution in [2.75, 3.05) is 20.7 Å². The van der Waals surface area contributed by atoms with Gasteiger partial charge in [0.1, 0.15) is 18.3 Å². The van der Waals surface area contributed by atoms with Crippen LogP contribution in [0.1, 0.15) is 6.23 Å². The summed E-state index contributed by atoms with van der Waals surface area (Å²) in [5.41, 5.74) is -0.668. The Hall–Kier alpha value is -1.81. The van der Waals surface area contributed by atoms with E-state index in [-0.39, 0.29) is 5.82 Å². The highest BCUT2D eigenvalue weighted by molar-refractivity contribution is 5.58. The molecule has 1 fully saturated rings. The van der Waals surface area contributed by atoms with Crippen molar-refractivity contribution in [1.82, 2.24) is 14.5 Å². The molecule has 3 N–H and O–H groups in total. The molecule has 1 aliphatic heterocycles. The van der Waals surface area contributed by atoms with Gasteiger partial charge in [0, 0.05) is 20.3 Å². The lowest BCUT2D eigenvalue weighted by Crippen LogP contribution is -2.35. The predicted molar refractivity (Wildman–Crippen MR) is 73.3 cm³/mol. The van der Waals surface area contributed by atoms with Crippen LogP contribution in [0.5, 0.6) is 0 Å². The average Bonchev–Trinajstić information content (AvgIpc) is 2.73. The second-order valence-corrected chi connectivity index (χ2v) is 4.91. The van der Waals surface area contributed by atoms with E-state index in [9.17, 15) is 15.0 Å². The summed E-state index contributed by atoms with van der Waals surface area (Å²) >= 11 is 0. The fourth-order valence-electron chi connectivity index (χ4n) is 1.95. The summed E-state index contributed by atoms with van der Waals surface area (Å²) in [4.78, 5) is 21.4. The maximum absolute atomic E-state index is 11.9. The number of aliphatic imine (C=N–C) groups is 1. The Labute approximate surface area is 120 Å². The van der Waals surface area contributed by atoms with Gasteiger partial charge in [-0.15, -0.1) is 0 Å². The molecule has 4 unspecified atom stereocenters. The molecular weight excluding hydrogens is 280 g/mol. The first-order valence-corrected chi connectivity index (χ1v) is 6.36. The summed E-state index contributed by atoms with van der Waals surface area (Å²) in [5.74, 6) is 0.219. The predicted octanol–water partition coefficient (Wildman–Crippen LogP) is -1.92. The van der Waals surface area contributed by atoms with Crippen LogP contribution in [0, 0.1) is 0 Å². The number of ether oxygens (including phenoxy) is 1. The molecule has 0 saturated carbocycles. The van der Waals surface area contributed by atoms with E-state index in [1.165, 1.54) is 18.6 Å². The van der Waals surface area contributed by atoms with Crippen molar-refractivity contribution in [2.45, 2.75) is 24.5 Å². The van der Waals surface area contributed by atoms with Gasteiger partial charge >= 0.3 is 5.69 Å². The monoisotopic (exact) mass is 298 g/mol. The highest BCUT2D eigenvalue weighted by atomic mass is 16.6. The summed E-state index contributed by atoms with van der Waals surface area (Å²) in [6.07, 6.45) is -1.75. The van der Waals surface area contributed by atoms with Gasteiger partial charge < -0.3 is 25.0 Å². The van der Waals surface area contributed by atoms with Crippen molar-refractivity contribution in [3.8, 4) is 0 Å². The number of aliphatic hydroxyl groups excluding tert-OH is 3. The van der Waals surface area contributed by atoms with Crippen LogP contribution in [0.25, 0.3) is 0 Å². The van der Waals surface area contributed by atoms with E-state index < -0.39 is 36.8 Å². The molecule has 0 aromatic carbocycles. The number of hydrogen-bond acceptors (Lipinski definition) is 7. The molecule has 0 spiro atoms. The van der Waals surface area contributed by atoms with Crippen LogP contribution >= 0.6 is 0 Å². The summed E-state index contributed by atoms with van der Waals surface area (Å²) < 4.78 is 6.32. The Morgan fingerprint density at radius 2 is 2.19 bits per heavy atom. The van der Waals surface area contributed by atoms with Crippen LogP contribution in [0.15, 0.2) is 22.1 Å². The van der Waals surface area contributed by atoms with Gasteiger partial charge in [-0.3, -0.25) is 4.57 Å². The highest BCUT2D eigenvalue weighted by Gasteiger charge is 2.43. The lowest BCUT2D eigenvalue weighted by Gasteiger charge is -2.16. The Bertz CT molecular complexity index is 573. The summed E-state index contributed by atoms with van der Waals surface area (Å²) in [6, 6.07) is 1.48. The van der Waals surface area contributed by atoms with Gasteiger partial charge in [-0.05, 0) is 6.07 Å². The molecule has 9 heteroatoms. The summed E-state index contributed by atoms with van der Waals surface area (Å²) in [5, 5.41) is 28.6. The van der Waals surface area contributed by atoms with E-state index in [0.29, 0.717) is 0 Å². The molecule has 1 aromatic heterocycles. The van der Waals surface area contributed by atoms with Gasteiger partial charge in [-0.25, -0.2) is 9.79 Å². The van der Waals surface area contributed by atoms with Crippen LogP contribution in [0.3, 0.4) is 0 Å². The molecule has 116 valence electrons. The fourth-order valence-corrected chi connectivity index (χ4v) is 1.95. The molecule has 1 aromatic rings. The minimum Gasteiger partial charge on any atom is -0.394 e. The minimum atomic E-state index is -1.32. The summed E-state index contributed by atoms with van der Waals surface area (Å²) in [6.45, 7) is -0.456. The van der Waals surface area contributed by atoms with Crippen LogP contribution in [0.2, 0.25) is 0 Å². The largest absolute Gasteiger partial charge is 0.394 e. The molecule has 2 heterocycles. The standard InChI is InChI=1S/C12H18N4O5/c1-15(2)6-13-8-3-4-16(12(20)14-8)11-10(19)9(18)7(5-17)21-11/h3-4,6-7,9-11,17-19H,5H2,1-2H3. The van der Waals surface area contributed by atoms with E-state index in [4.69, 9.17) is 9.84 Å². The van der Waals surface area contributed by atoms with Gasteiger partial charge in [0.25, 0.3) is 0 Å². The average molecular weight is 298 g/mol. The van der Waals surface area contributed by atoms with E-state index in [1.807, 2.05) is 0 Å². The molecule has 0 bridgehead atoms. The molecule has 21 heavy (non-hydrogen) atoms. The van der Waals surface area contributed by atoms with Crippen molar-refractivity contribution in [1.29, 1.82) is 0 Å². The number of nitrogens with zero attached hydrogens (tertiary/aromatic N) is 4. The van der Waals surface area contributed by atoms with Crippen molar-refractivity contribution in [2.24, 2.45) is 4.99 Å². The van der Waals surface area contributed by atoms with E-state index in [1.54, 1.807) is 19.0 Å². The third-order valence-electron chi connectivity index (χ3n) is 3.03. The number of rotatable bonds is 4. The normalized spacial score (nSPS) is 29.2. The first kappa shape index (κ1) is 15.6. The quantitative estimate of drug-likeness (QED) is 0.437. The molecule has 1 saturated heterocycles. The SMILES string of the molecule is CN(C)C=Nc1ccn(C2OC(CO)C(O)C2O)c(=O)n1. The first-order valence-electron chi connectivity index (χ1n) is 6.36. The zero-order chi connectivity index (χ0) is 15.6. The van der Waals surface area contributed by atoms with Gasteiger partial charge in [0.15, 0.2) is 12.0 Å². The Morgan fingerprint density at radius 1 is 1.48 bits per heavy atom. The van der Waals surface area contributed by atoms with Crippen LogP contribution in [0.4, 0.5) is 5.82 Å². The molecule has 9 nitrogen and oxygen atoms in total. The minimum absolute atomic E-state index is 0.219. The maximum atomic E-state index is 11.9. The van der Waals surface area contributed by atoms with Gasteiger partial charge in [0.2, 0.25) is 0 Å². The number of hydrogen-bond donors (Lipinski definition) is 3. The highest BCUT2D eigenvalue weighted by Crippen LogP contribution is 2.28. The van der Waals surface area contributed by atoms with E-state index in [2.05, 4.69) is 9.98 Å². The fraction of sp³-hybridized carbons (Fsp3) is 0.583. The molecular formula is C12H18N4O5. The van der Waals surface area contributed by atoms with E-state index in [0.717, 1.165) is 4.57 Å². The molecule has 0 amide bonds. The van der Waals surface area contributed by atoms with E-state index >= 15 is 0 Å². The van der Waals surface area contributed by atoms with Gasteiger partial charge in [0.05, 0.1) is 12.9 Å². The Morgan fingerprint density at radius 3 is 2.71 bits per heavy atom.